The van der Waals surface area contributed by atoms with Crippen LogP contribution < -0.4 is 14.8 Å². The zero-order valence-electron chi connectivity index (χ0n) is 14.5. The first-order valence-electron chi connectivity index (χ1n) is 8.87. The first-order valence-corrected chi connectivity index (χ1v) is 8.87. The highest BCUT2D eigenvalue weighted by Crippen LogP contribution is 2.31. The van der Waals surface area contributed by atoms with Crippen LogP contribution in [-0.4, -0.2) is 29.1 Å². The van der Waals surface area contributed by atoms with Gasteiger partial charge in [0.25, 0.3) is 0 Å². The van der Waals surface area contributed by atoms with Gasteiger partial charge in [0.15, 0.2) is 11.5 Å². The number of carbonyl (C=O) groups is 1. The summed E-state index contributed by atoms with van der Waals surface area (Å²) in [4.78, 5) is 19.7. The molecule has 0 unspecified atom stereocenters. The molecule has 0 spiro atoms. The molecular weight excluding hydrogens is 330 g/mol. The van der Waals surface area contributed by atoms with E-state index in [2.05, 4.69) is 15.3 Å². The van der Waals surface area contributed by atoms with E-state index in [1.54, 1.807) is 0 Å². The van der Waals surface area contributed by atoms with Gasteiger partial charge in [-0.05, 0) is 42.7 Å². The number of imidazole rings is 1. The lowest BCUT2D eigenvalue weighted by molar-refractivity contribution is -0.121. The summed E-state index contributed by atoms with van der Waals surface area (Å²) in [6.45, 7) is 1.59. The van der Waals surface area contributed by atoms with Crippen LogP contribution >= 0.6 is 0 Å². The molecule has 2 N–H and O–H groups in total. The van der Waals surface area contributed by atoms with E-state index in [0.717, 1.165) is 46.8 Å². The van der Waals surface area contributed by atoms with Gasteiger partial charge in [-0.1, -0.05) is 18.2 Å². The summed E-state index contributed by atoms with van der Waals surface area (Å²) >= 11 is 0. The van der Waals surface area contributed by atoms with Crippen LogP contribution in [-0.2, 0) is 17.8 Å². The molecule has 3 aromatic rings. The average molecular weight is 351 g/mol. The minimum Gasteiger partial charge on any atom is -0.486 e. The fourth-order valence-corrected chi connectivity index (χ4v) is 3.06. The number of hydrogen-bond donors (Lipinski definition) is 2. The normalized spacial score (nSPS) is 12.9. The number of aromatic nitrogens is 2. The summed E-state index contributed by atoms with van der Waals surface area (Å²) in [5.41, 5.74) is 3.05. The Bertz CT molecular complexity index is 887. The van der Waals surface area contributed by atoms with Crippen molar-refractivity contribution >= 4 is 16.9 Å². The molecule has 2 heterocycles. The highest BCUT2D eigenvalue weighted by atomic mass is 16.6. The number of rotatable bonds is 6. The lowest BCUT2D eigenvalue weighted by Crippen LogP contribution is -2.23. The van der Waals surface area contributed by atoms with Gasteiger partial charge in [0, 0.05) is 6.42 Å². The van der Waals surface area contributed by atoms with E-state index in [9.17, 15) is 4.79 Å². The molecule has 4 rings (SSSR count). The smallest absolute Gasteiger partial charge is 0.220 e. The number of benzene rings is 2. The molecule has 0 saturated heterocycles. The van der Waals surface area contributed by atoms with E-state index < -0.39 is 0 Å². The molecular formula is C20H21N3O3. The van der Waals surface area contributed by atoms with E-state index >= 15 is 0 Å². The minimum absolute atomic E-state index is 0.0306. The van der Waals surface area contributed by atoms with Gasteiger partial charge < -0.3 is 19.8 Å². The number of aromatic amines is 1. The molecule has 1 aliphatic rings. The van der Waals surface area contributed by atoms with Crippen molar-refractivity contribution in [3.63, 3.8) is 0 Å². The summed E-state index contributed by atoms with van der Waals surface area (Å²) in [6.07, 6.45) is 2.09. The van der Waals surface area contributed by atoms with Crippen LogP contribution in [0.2, 0.25) is 0 Å². The average Bonchev–Trinajstić information content (AvgIpc) is 3.09. The van der Waals surface area contributed by atoms with E-state index in [4.69, 9.17) is 9.47 Å². The summed E-state index contributed by atoms with van der Waals surface area (Å²) in [5.74, 6) is 2.39. The lowest BCUT2D eigenvalue weighted by atomic mass is 10.1. The molecule has 2 aromatic carbocycles. The largest absolute Gasteiger partial charge is 0.486 e. The van der Waals surface area contributed by atoms with Crippen molar-refractivity contribution in [1.29, 1.82) is 0 Å². The third-order valence-electron chi connectivity index (χ3n) is 4.37. The fourth-order valence-electron chi connectivity index (χ4n) is 3.06. The van der Waals surface area contributed by atoms with Gasteiger partial charge in [0.05, 0.1) is 17.6 Å². The van der Waals surface area contributed by atoms with Crippen LogP contribution in [0, 0.1) is 0 Å². The molecule has 1 aliphatic heterocycles. The zero-order valence-corrected chi connectivity index (χ0v) is 14.5. The first kappa shape index (κ1) is 16.4. The van der Waals surface area contributed by atoms with Crippen LogP contribution in [0.4, 0.5) is 0 Å². The molecule has 6 nitrogen and oxygen atoms in total. The van der Waals surface area contributed by atoms with Gasteiger partial charge in [-0.2, -0.15) is 0 Å². The van der Waals surface area contributed by atoms with E-state index in [-0.39, 0.29) is 5.91 Å². The van der Waals surface area contributed by atoms with Crippen molar-refractivity contribution in [3.05, 3.63) is 53.9 Å². The molecule has 134 valence electrons. The zero-order chi connectivity index (χ0) is 17.8. The molecule has 26 heavy (non-hydrogen) atoms. The topological polar surface area (TPSA) is 76.2 Å². The predicted octanol–water partition coefficient (Wildman–Crippen LogP) is 2.97. The number of nitrogens with zero attached hydrogens (tertiary/aromatic N) is 1. The predicted molar refractivity (Wildman–Crippen MR) is 98.3 cm³/mol. The number of ether oxygens (including phenoxy) is 2. The monoisotopic (exact) mass is 351 g/mol. The number of nitrogens with one attached hydrogen (secondary N) is 2. The van der Waals surface area contributed by atoms with Gasteiger partial charge in [0.2, 0.25) is 5.91 Å². The summed E-state index contributed by atoms with van der Waals surface area (Å²) in [7, 11) is 0. The number of fused-ring (bicyclic) bond motifs is 2. The molecule has 0 saturated carbocycles. The van der Waals surface area contributed by atoms with Gasteiger partial charge in [-0.15, -0.1) is 0 Å². The Kier molecular flexibility index (Phi) is 4.73. The minimum atomic E-state index is 0.0306. The second-order valence-corrected chi connectivity index (χ2v) is 6.31. The van der Waals surface area contributed by atoms with Crippen molar-refractivity contribution in [3.8, 4) is 11.5 Å². The maximum Gasteiger partial charge on any atom is 0.220 e. The second-order valence-electron chi connectivity index (χ2n) is 6.31. The van der Waals surface area contributed by atoms with Crippen molar-refractivity contribution in [2.45, 2.75) is 25.8 Å². The van der Waals surface area contributed by atoms with Crippen molar-refractivity contribution in [2.24, 2.45) is 0 Å². The Labute approximate surface area is 151 Å². The molecule has 0 bridgehead atoms. The third-order valence-corrected chi connectivity index (χ3v) is 4.37. The molecule has 0 atom stereocenters. The van der Waals surface area contributed by atoms with Crippen LogP contribution in [0.5, 0.6) is 11.5 Å². The highest BCUT2D eigenvalue weighted by molar-refractivity contribution is 5.76. The van der Waals surface area contributed by atoms with E-state index in [1.807, 2.05) is 42.5 Å². The standard InChI is InChI=1S/C20H21N3O3/c24-20(21-13-19-22-15-5-1-2-6-16(15)23-19)7-3-4-14-8-9-17-18(12-14)26-11-10-25-17/h1-2,5-6,8-9,12H,3-4,7,10-11,13H2,(H,21,24)(H,22,23). The number of amides is 1. The second kappa shape index (κ2) is 7.47. The summed E-state index contributed by atoms with van der Waals surface area (Å²) in [5, 5.41) is 2.92. The Morgan fingerprint density at radius 3 is 2.85 bits per heavy atom. The van der Waals surface area contributed by atoms with Crippen molar-refractivity contribution < 1.29 is 14.3 Å². The number of aryl methyl sites for hydroxylation is 1. The van der Waals surface area contributed by atoms with Gasteiger partial charge >= 0.3 is 0 Å². The summed E-state index contributed by atoms with van der Waals surface area (Å²) in [6, 6.07) is 13.8. The van der Waals surface area contributed by atoms with E-state index in [1.165, 1.54) is 0 Å². The lowest BCUT2D eigenvalue weighted by Gasteiger charge is -2.18. The summed E-state index contributed by atoms with van der Waals surface area (Å²) < 4.78 is 11.1. The SMILES string of the molecule is O=C(CCCc1ccc2c(c1)OCCO2)NCc1nc2ccccc2[nH]1. The molecule has 0 fully saturated rings. The van der Waals surface area contributed by atoms with Gasteiger partial charge in [-0.25, -0.2) is 4.98 Å². The fraction of sp³-hybridized carbons (Fsp3) is 0.300. The van der Waals surface area contributed by atoms with Crippen LogP contribution in [0.1, 0.15) is 24.2 Å². The quantitative estimate of drug-likeness (QED) is 0.716. The number of hydrogen-bond acceptors (Lipinski definition) is 4. The Morgan fingerprint density at radius 1 is 1.12 bits per heavy atom. The van der Waals surface area contributed by atoms with Crippen LogP contribution in [0.3, 0.4) is 0 Å². The molecule has 1 aromatic heterocycles. The Hall–Kier alpha value is -3.02. The molecule has 6 heteroatoms. The van der Waals surface area contributed by atoms with Gasteiger partial charge in [0.1, 0.15) is 19.0 Å². The van der Waals surface area contributed by atoms with E-state index in [0.29, 0.717) is 26.2 Å². The third kappa shape index (κ3) is 3.79. The maximum atomic E-state index is 12.1. The van der Waals surface area contributed by atoms with Crippen molar-refractivity contribution in [1.82, 2.24) is 15.3 Å². The molecule has 0 aliphatic carbocycles. The molecule has 1 amide bonds. The van der Waals surface area contributed by atoms with Crippen LogP contribution in [0.15, 0.2) is 42.5 Å². The number of H-pyrrole nitrogens is 1. The Morgan fingerprint density at radius 2 is 1.96 bits per heavy atom. The Balaban J connectivity index is 1.24. The van der Waals surface area contributed by atoms with Crippen molar-refractivity contribution in [2.75, 3.05) is 13.2 Å². The maximum absolute atomic E-state index is 12.1. The highest BCUT2D eigenvalue weighted by Gasteiger charge is 2.12. The van der Waals surface area contributed by atoms with Crippen LogP contribution in [0.25, 0.3) is 11.0 Å². The molecule has 0 radical (unpaired) electrons. The van der Waals surface area contributed by atoms with Gasteiger partial charge in [-0.3, -0.25) is 4.79 Å². The first-order chi connectivity index (χ1) is 12.8. The number of carbonyl (C=O) groups excluding carboxylic acids is 1. The number of para-hydroxylation sites is 2.